The van der Waals surface area contributed by atoms with Crippen molar-refractivity contribution in [3.8, 4) is 0 Å². The van der Waals surface area contributed by atoms with Gasteiger partial charge < -0.3 is 14.4 Å². The number of carbonyl (C=O) groups excluding carboxylic acids is 1. The Morgan fingerprint density at radius 2 is 2.27 bits per heavy atom. The van der Waals surface area contributed by atoms with E-state index in [0.29, 0.717) is 6.61 Å². The third-order valence-corrected chi connectivity index (χ3v) is 5.08. The second-order valence-corrected chi connectivity index (χ2v) is 6.59. The van der Waals surface area contributed by atoms with E-state index in [0.717, 1.165) is 50.1 Å². The van der Waals surface area contributed by atoms with E-state index in [-0.39, 0.29) is 17.4 Å². The number of benzene rings is 1. The van der Waals surface area contributed by atoms with Crippen molar-refractivity contribution >= 4 is 5.91 Å². The number of piperidine rings is 1. The van der Waals surface area contributed by atoms with Gasteiger partial charge in [0.15, 0.2) is 0 Å². The van der Waals surface area contributed by atoms with E-state index in [2.05, 4.69) is 0 Å². The monoisotopic (exact) mass is 303 g/mol. The largest absolute Gasteiger partial charge is 0.384 e. The minimum Gasteiger partial charge on any atom is -0.384 e. The summed E-state index contributed by atoms with van der Waals surface area (Å²) in [6.45, 7) is 4.99. The van der Waals surface area contributed by atoms with Crippen LogP contribution in [0.5, 0.6) is 0 Å². The fraction of sp³-hybridized carbons (Fsp3) is 0.611. The molecule has 2 unspecified atom stereocenters. The normalized spacial score (nSPS) is 28.3. The molecule has 1 amide bonds. The maximum absolute atomic E-state index is 12.9. The van der Waals surface area contributed by atoms with Crippen LogP contribution >= 0.6 is 0 Å². The molecule has 2 aliphatic rings. The van der Waals surface area contributed by atoms with Gasteiger partial charge in [-0.05, 0) is 37.8 Å². The Labute approximate surface area is 132 Å². The standard InChI is InChI=1S/C18H25NO3/c1-14-6-3-4-7-15(14)17(20)19-10-8-16-18(12-19,13-21-2)9-5-11-22-16/h3-4,6-7,16H,5,8-13H2,1-2H3. The zero-order chi connectivity index (χ0) is 15.6. The summed E-state index contributed by atoms with van der Waals surface area (Å²) >= 11 is 0. The number of amides is 1. The maximum Gasteiger partial charge on any atom is 0.254 e. The number of hydrogen-bond donors (Lipinski definition) is 0. The molecule has 2 fully saturated rings. The lowest BCUT2D eigenvalue weighted by Gasteiger charge is -2.50. The summed E-state index contributed by atoms with van der Waals surface area (Å²) in [6, 6.07) is 7.82. The molecule has 2 aliphatic heterocycles. The first-order valence-corrected chi connectivity index (χ1v) is 8.12. The van der Waals surface area contributed by atoms with Gasteiger partial charge in [0.05, 0.1) is 12.7 Å². The predicted octanol–water partition coefficient (Wildman–Crippen LogP) is 2.65. The van der Waals surface area contributed by atoms with Gasteiger partial charge in [-0.25, -0.2) is 0 Å². The van der Waals surface area contributed by atoms with Crippen molar-refractivity contribution in [1.82, 2.24) is 4.90 Å². The quantitative estimate of drug-likeness (QED) is 0.861. The minimum atomic E-state index is -0.0381. The third-order valence-electron chi connectivity index (χ3n) is 5.08. The molecule has 0 N–H and O–H groups in total. The summed E-state index contributed by atoms with van der Waals surface area (Å²) < 4.78 is 11.5. The van der Waals surface area contributed by atoms with E-state index in [1.807, 2.05) is 36.1 Å². The van der Waals surface area contributed by atoms with Crippen molar-refractivity contribution < 1.29 is 14.3 Å². The fourth-order valence-electron chi connectivity index (χ4n) is 3.95. The number of likely N-dealkylation sites (tertiary alicyclic amines) is 1. The van der Waals surface area contributed by atoms with Gasteiger partial charge in [-0.3, -0.25) is 4.79 Å². The molecule has 120 valence electrons. The Hall–Kier alpha value is -1.39. The molecule has 4 heteroatoms. The molecule has 2 saturated heterocycles. The smallest absolute Gasteiger partial charge is 0.254 e. The Morgan fingerprint density at radius 3 is 3.05 bits per heavy atom. The van der Waals surface area contributed by atoms with Gasteiger partial charge in [0.1, 0.15) is 0 Å². The summed E-state index contributed by atoms with van der Waals surface area (Å²) in [5.74, 6) is 0.137. The number of carbonyl (C=O) groups is 1. The summed E-state index contributed by atoms with van der Waals surface area (Å²) in [7, 11) is 1.74. The number of aryl methyl sites for hydroxylation is 1. The highest BCUT2D eigenvalue weighted by molar-refractivity contribution is 5.95. The first-order valence-electron chi connectivity index (χ1n) is 8.12. The molecule has 2 atom stereocenters. The van der Waals surface area contributed by atoms with Crippen LogP contribution in [0.1, 0.15) is 35.2 Å². The van der Waals surface area contributed by atoms with Crippen LogP contribution in [0.15, 0.2) is 24.3 Å². The van der Waals surface area contributed by atoms with Crippen molar-refractivity contribution in [1.29, 1.82) is 0 Å². The summed E-state index contributed by atoms with van der Waals surface area (Å²) in [4.78, 5) is 14.9. The molecule has 1 aromatic carbocycles. The van der Waals surface area contributed by atoms with E-state index >= 15 is 0 Å². The average molecular weight is 303 g/mol. The van der Waals surface area contributed by atoms with Gasteiger partial charge in [0.2, 0.25) is 0 Å². The Bertz CT molecular complexity index is 541. The molecule has 2 heterocycles. The average Bonchev–Trinajstić information content (AvgIpc) is 2.54. The molecule has 0 radical (unpaired) electrons. The van der Waals surface area contributed by atoms with Crippen molar-refractivity contribution in [2.75, 3.05) is 33.4 Å². The van der Waals surface area contributed by atoms with E-state index in [9.17, 15) is 4.79 Å². The van der Waals surface area contributed by atoms with Crippen LogP contribution in [0.2, 0.25) is 0 Å². The van der Waals surface area contributed by atoms with Gasteiger partial charge >= 0.3 is 0 Å². The van der Waals surface area contributed by atoms with Gasteiger partial charge in [-0.2, -0.15) is 0 Å². The minimum absolute atomic E-state index is 0.0381. The summed E-state index contributed by atoms with van der Waals surface area (Å²) in [5.41, 5.74) is 1.81. The van der Waals surface area contributed by atoms with Crippen LogP contribution in [0.3, 0.4) is 0 Å². The van der Waals surface area contributed by atoms with Gasteiger partial charge in [0, 0.05) is 37.8 Å². The SMILES string of the molecule is COCC12CCCOC1CCN(C(=O)c1ccccc1C)C2. The molecule has 0 aliphatic carbocycles. The van der Waals surface area contributed by atoms with Crippen molar-refractivity contribution in [3.05, 3.63) is 35.4 Å². The van der Waals surface area contributed by atoms with Gasteiger partial charge in [-0.15, -0.1) is 0 Å². The molecule has 0 bridgehead atoms. The molecular weight excluding hydrogens is 278 g/mol. The van der Waals surface area contributed by atoms with E-state index in [4.69, 9.17) is 9.47 Å². The summed E-state index contributed by atoms with van der Waals surface area (Å²) in [5, 5.41) is 0. The van der Waals surface area contributed by atoms with Gasteiger partial charge in [0.25, 0.3) is 5.91 Å². The fourth-order valence-corrected chi connectivity index (χ4v) is 3.95. The predicted molar refractivity (Wildman–Crippen MR) is 85.0 cm³/mol. The van der Waals surface area contributed by atoms with Crippen LogP contribution < -0.4 is 0 Å². The lowest BCUT2D eigenvalue weighted by atomic mass is 9.73. The number of methoxy groups -OCH3 is 1. The topological polar surface area (TPSA) is 38.8 Å². The first kappa shape index (κ1) is 15.5. The van der Waals surface area contributed by atoms with Crippen LogP contribution in [0.4, 0.5) is 0 Å². The number of ether oxygens (including phenoxy) is 2. The molecule has 0 spiro atoms. The molecule has 4 nitrogen and oxygen atoms in total. The number of nitrogens with zero attached hydrogens (tertiary/aromatic N) is 1. The van der Waals surface area contributed by atoms with Crippen LogP contribution in [-0.4, -0.2) is 50.3 Å². The molecule has 22 heavy (non-hydrogen) atoms. The molecule has 3 rings (SSSR count). The number of fused-ring (bicyclic) bond motifs is 1. The van der Waals surface area contributed by atoms with E-state index in [1.165, 1.54) is 0 Å². The molecular formula is C18H25NO3. The van der Waals surface area contributed by atoms with Crippen LogP contribution in [-0.2, 0) is 9.47 Å². The highest BCUT2D eigenvalue weighted by Crippen LogP contribution is 2.40. The van der Waals surface area contributed by atoms with Crippen molar-refractivity contribution in [3.63, 3.8) is 0 Å². The maximum atomic E-state index is 12.9. The Balaban J connectivity index is 1.81. The van der Waals surface area contributed by atoms with Gasteiger partial charge in [-0.1, -0.05) is 18.2 Å². The lowest BCUT2D eigenvalue weighted by Crippen LogP contribution is -2.58. The first-order chi connectivity index (χ1) is 10.7. The van der Waals surface area contributed by atoms with Crippen molar-refractivity contribution in [2.24, 2.45) is 5.41 Å². The second-order valence-electron chi connectivity index (χ2n) is 6.59. The van der Waals surface area contributed by atoms with E-state index in [1.54, 1.807) is 7.11 Å². The molecule has 1 aromatic rings. The van der Waals surface area contributed by atoms with Crippen LogP contribution in [0.25, 0.3) is 0 Å². The van der Waals surface area contributed by atoms with Crippen molar-refractivity contribution in [2.45, 2.75) is 32.3 Å². The highest BCUT2D eigenvalue weighted by Gasteiger charge is 2.47. The number of rotatable bonds is 3. The zero-order valence-corrected chi connectivity index (χ0v) is 13.5. The lowest BCUT2D eigenvalue weighted by molar-refractivity contribution is -0.142. The summed E-state index contributed by atoms with van der Waals surface area (Å²) in [6.07, 6.45) is 3.25. The van der Waals surface area contributed by atoms with E-state index < -0.39 is 0 Å². The Kier molecular flexibility index (Phi) is 4.50. The second kappa shape index (κ2) is 6.39. The van der Waals surface area contributed by atoms with Crippen LogP contribution in [0, 0.1) is 12.3 Å². The highest BCUT2D eigenvalue weighted by atomic mass is 16.5. The number of hydrogen-bond acceptors (Lipinski definition) is 3. The Morgan fingerprint density at radius 1 is 1.45 bits per heavy atom. The zero-order valence-electron chi connectivity index (χ0n) is 13.5. The third kappa shape index (κ3) is 2.77. The molecule has 0 aromatic heterocycles. The molecule has 0 saturated carbocycles.